The Labute approximate surface area is 635 Å². The molecule has 3 unspecified atom stereocenters. The van der Waals surface area contributed by atoms with Crippen LogP contribution in [0.4, 0.5) is 9.59 Å². The van der Waals surface area contributed by atoms with Crippen LogP contribution in [0, 0.1) is 0 Å². The average Bonchev–Trinajstić information content (AvgIpc) is 1.73. The first-order chi connectivity index (χ1) is 49.1. The molecule has 0 radical (unpaired) electrons. The lowest BCUT2D eigenvalue weighted by atomic mass is 9.97. The molecule has 6 aromatic heterocycles. The number of hydrogen-bond donors (Lipinski definition) is 5. The number of quaternary nitrogens is 1. The van der Waals surface area contributed by atoms with Crippen molar-refractivity contribution in [2.75, 3.05) is 98.2 Å². The van der Waals surface area contributed by atoms with Gasteiger partial charge >= 0.3 is 12.2 Å². The quantitative estimate of drug-likeness (QED) is 0.101. The smallest absolute Gasteiger partial charge is 0.410 e. The molecular weight excluding hydrogens is 1550 g/mol. The molecule has 30 heteroatoms. The molecule has 3 aromatic carbocycles. The van der Waals surface area contributed by atoms with Gasteiger partial charge in [-0.15, -0.1) is 11.6 Å². The number of aromatic amines is 3. The van der Waals surface area contributed by atoms with E-state index < -0.39 is 17.0 Å². The highest BCUT2D eigenvalue weighted by Crippen LogP contribution is 2.37. The molecule has 546 valence electrons. The second-order valence-corrected chi connectivity index (χ2v) is 30.9. The van der Waals surface area contributed by atoms with E-state index in [4.69, 9.17) is 21.1 Å². The molecule has 0 spiro atoms. The van der Waals surface area contributed by atoms with Crippen molar-refractivity contribution in [3.8, 4) is 0 Å². The van der Waals surface area contributed by atoms with E-state index in [1.54, 1.807) is 20.9 Å². The zero-order valence-electron chi connectivity index (χ0n) is 58.6. The number of amides is 5. The Morgan fingerprint density at radius 3 is 1.17 bits per heavy atom. The number of nitrogens with two attached hydrogens (primary N) is 1. The summed E-state index contributed by atoms with van der Waals surface area (Å²) in [6.45, 7) is 24.2. The van der Waals surface area contributed by atoms with E-state index in [2.05, 4.69) is 126 Å². The number of H-pyrrole nitrogens is 3. The SMILES string of the molecule is CC(C)(C)OC(=O)N1CCN(C(C(=O)N2CCc3c(cnc4n[nH]c(Br)c34)C2)c2ccccc2)CC1.CC(C)(C)OC(=O)N1CCNCC1.O=C(C(Cl)c1ccccc1)N1CCc2c(cnc3n[nH]c(Br)c23)C1.O=C(C(c1ccccc1)N1CC[NH2+]CC1)N1CCc2c(cnc3n[nH]c(Br)c23)C1.[Cl-]. The third kappa shape index (κ3) is 18.4. The molecule has 3 saturated heterocycles. The molecule has 6 aliphatic heterocycles. The number of carbonyl (C=O) groups is 5. The van der Waals surface area contributed by atoms with Crippen molar-refractivity contribution < 1.29 is 51.2 Å². The highest BCUT2D eigenvalue weighted by Gasteiger charge is 2.39. The van der Waals surface area contributed by atoms with Crippen molar-refractivity contribution in [3.05, 3.63) is 173 Å². The molecular formula is C73H87Br3Cl2N18O7. The van der Waals surface area contributed by atoms with Crippen LogP contribution < -0.4 is 23.0 Å². The number of carbonyl (C=O) groups excluding carboxylic acids is 5. The van der Waals surface area contributed by atoms with Crippen LogP contribution >= 0.6 is 59.4 Å². The van der Waals surface area contributed by atoms with Crippen molar-refractivity contribution in [1.82, 2.24) is 85.2 Å². The van der Waals surface area contributed by atoms with Crippen molar-refractivity contribution >= 4 is 122 Å². The summed E-state index contributed by atoms with van der Waals surface area (Å²) in [5.41, 5.74) is 10.9. The fourth-order valence-corrected chi connectivity index (χ4v) is 15.6. The van der Waals surface area contributed by atoms with Gasteiger partial charge in [-0.25, -0.2) is 24.5 Å². The predicted octanol–water partition coefficient (Wildman–Crippen LogP) is 6.54. The van der Waals surface area contributed by atoms with Gasteiger partial charge in [0.1, 0.15) is 42.5 Å². The number of ether oxygens (including phenoxy) is 2. The Hall–Kier alpha value is -7.67. The van der Waals surface area contributed by atoms with Crippen molar-refractivity contribution in [3.63, 3.8) is 0 Å². The van der Waals surface area contributed by atoms with E-state index in [0.717, 1.165) is 141 Å². The summed E-state index contributed by atoms with van der Waals surface area (Å²) >= 11 is 17.0. The molecule has 6 N–H and O–H groups in total. The molecule has 0 saturated carbocycles. The first-order valence-corrected chi connectivity index (χ1v) is 37.5. The highest BCUT2D eigenvalue weighted by atomic mass is 79.9. The number of aromatic nitrogens is 9. The summed E-state index contributed by atoms with van der Waals surface area (Å²) in [5.74, 6) is 0.193. The zero-order valence-corrected chi connectivity index (χ0v) is 64.9. The number of piperazine rings is 3. The lowest BCUT2D eigenvalue weighted by molar-refractivity contribution is -0.663. The first kappa shape index (κ1) is 76.5. The highest BCUT2D eigenvalue weighted by molar-refractivity contribution is 9.11. The van der Waals surface area contributed by atoms with Gasteiger partial charge in [0.15, 0.2) is 16.9 Å². The maximum Gasteiger partial charge on any atom is 0.410 e. The number of nitrogens with one attached hydrogen (secondary N) is 4. The van der Waals surface area contributed by atoms with Gasteiger partial charge < -0.3 is 57.0 Å². The number of hydrogen-bond acceptors (Lipinski definition) is 16. The van der Waals surface area contributed by atoms with Gasteiger partial charge in [0.05, 0.1) is 29.2 Å². The summed E-state index contributed by atoms with van der Waals surface area (Å²) in [5, 5.41) is 29.3. The van der Waals surface area contributed by atoms with Crippen LogP contribution in [0.15, 0.2) is 123 Å². The van der Waals surface area contributed by atoms with Crippen LogP contribution in [0.25, 0.3) is 33.1 Å². The molecule has 15 rings (SSSR count). The minimum Gasteiger partial charge on any atom is -1.00 e. The van der Waals surface area contributed by atoms with Crippen LogP contribution in [-0.4, -0.2) is 219 Å². The number of nitrogens with zero attached hydrogens (tertiary/aromatic N) is 13. The number of pyridine rings is 3. The Morgan fingerprint density at radius 2 is 0.796 bits per heavy atom. The van der Waals surface area contributed by atoms with Crippen LogP contribution in [0.5, 0.6) is 0 Å². The molecule has 5 amide bonds. The zero-order chi connectivity index (χ0) is 71.8. The number of benzene rings is 3. The minimum absolute atomic E-state index is 0. The number of halogens is 5. The summed E-state index contributed by atoms with van der Waals surface area (Å²) in [7, 11) is 0. The van der Waals surface area contributed by atoms with Crippen LogP contribution in [0.2, 0.25) is 0 Å². The Bertz CT molecular complexity index is 4430. The molecule has 12 heterocycles. The molecule has 0 aliphatic carbocycles. The maximum absolute atomic E-state index is 14.0. The van der Waals surface area contributed by atoms with Gasteiger partial charge in [-0.3, -0.25) is 39.5 Å². The Kier molecular flexibility index (Phi) is 25.3. The summed E-state index contributed by atoms with van der Waals surface area (Å²) in [4.78, 5) is 91.6. The van der Waals surface area contributed by atoms with E-state index in [1.165, 1.54) is 16.7 Å². The van der Waals surface area contributed by atoms with E-state index in [-0.39, 0.29) is 54.0 Å². The Morgan fingerprint density at radius 1 is 0.456 bits per heavy atom. The van der Waals surface area contributed by atoms with Crippen LogP contribution in [-0.2, 0) is 62.8 Å². The minimum atomic E-state index is -0.662. The largest absolute Gasteiger partial charge is 1.00 e. The summed E-state index contributed by atoms with van der Waals surface area (Å²) < 4.78 is 13.3. The first-order valence-electron chi connectivity index (χ1n) is 34.7. The normalized spacial score (nSPS) is 17.3. The standard InChI is InChI=1S/C26H31BrN6O3.C21H23BrN6O.C17H14BrClN4O.C9H18N2O2.ClH/c1-26(2,3)36-25(35)32-13-11-31(12-14-32)21(17-7-5-4-6-8-17)24(34)33-10-9-19-18(16-33)15-28-23-20(19)22(27)29-30-23;22-19-17-16-6-9-28(13-15(16)12-24-20(17)26-25-19)21(29)18(14-4-2-1-3-5-14)27-10-7-23-8-11-27;18-15-13-12-6-7-23(9-11(12)8-20-16(13)22-21-15)17(24)14(19)10-4-2-1-3-5-10;1-9(2,3)13-8(12)11-6-4-10-5-7-11;/h4-8,15,21H,9-14,16H2,1-3H3,(H,28,29,30);1-5,12,18,23H,6-11,13H2,(H,24,25,26);1-5,8,14H,6-7,9H2,(H,20,21,22);10H,4-7H2,1-3H3;1H. The van der Waals surface area contributed by atoms with Crippen LogP contribution in [0.3, 0.4) is 0 Å². The lowest BCUT2D eigenvalue weighted by Crippen LogP contribution is -3.00. The van der Waals surface area contributed by atoms with Gasteiger partial charge in [0, 0.05) is 123 Å². The maximum atomic E-state index is 14.0. The van der Waals surface area contributed by atoms with Crippen molar-refractivity contribution in [2.45, 2.75) is 109 Å². The summed E-state index contributed by atoms with van der Waals surface area (Å²) in [6.07, 6.45) is 7.32. The second kappa shape index (κ2) is 34.1. The molecule has 9 aromatic rings. The van der Waals surface area contributed by atoms with E-state index in [0.29, 0.717) is 76.7 Å². The van der Waals surface area contributed by atoms with Gasteiger partial charge in [0.2, 0.25) is 17.7 Å². The van der Waals surface area contributed by atoms with Gasteiger partial charge in [-0.05, 0) is 159 Å². The lowest BCUT2D eigenvalue weighted by Gasteiger charge is -2.41. The van der Waals surface area contributed by atoms with Crippen LogP contribution in [0.1, 0.15) is 109 Å². The van der Waals surface area contributed by atoms with Gasteiger partial charge in [-0.1, -0.05) is 91.0 Å². The van der Waals surface area contributed by atoms with Crippen molar-refractivity contribution in [2.24, 2.45) is 0 Å². The topological polar surface area (TPSA) is 280 Å². The fourth-order valence-electron chi connectivity index (χ4n) is 13.8. The fraction of sp³-hybridized carbons (Fsp3) is 0.438. The van der Waals surface area contributed by atoms with E-state index in [9.17, 15) is 24.0 Å². The third-order valence-corrected chi connectivity index (χ3v) is 21.0. The number of alkyl halides is 1. The molecule has 103 heavy (non-hydrogen) atoms. The second-order valence-electron chi connectivity index (χ2n) is 28.0. The van der Waals surface area contributed by atoms with Gasteiger partial charge in [-0.2, -0.15) is 15.3 Å². The summed E-state index contributed by atoms with van der Waals surface area (Å²) in [6, 6.07) is 28.9. The van der Waals surface area contributed by atoms with Crippen molar-refractivity contribution in [1.29, 1.82) is 0 Å². The Balaban J connectivity index is 0.000000144. The molecule has 3 atom stereocenters. The molecule has 25 nitrogen and oxygen atoms in total. The monoisotopic (exact) mass is 1630 g/mol. The number of rotatable bonds is 8. The number of fused-ring (bicyclic) bond motifs is 9. The average molecular weight is 1640 g/mol. The van der Waals surface area contributed by atoms with Gasteiger partial charge in [0.25, 0.3) is 0 Å². The van der Waals surface area contributed by atoms with E-state index in [1.807, 2.05) is 143 Å². The third-order valence-electron chi connectivity index (χ3n) is 18.8. The molecule has 3 fully saturated rings. The predicted molar refractivity (Wildman–Crippen MR) is 399 cm³/mol. The molecule has 6 aliphatic rings. The molecule has 0 bridgehead atoms. The van der Waals surface area contributed by atoms with E-state index >= 15 is 0 Å².